The third-order valence-electron chi connectivity index (χ3n) is 6.40. The van der Waals surface area contributed by atoms with E-state index in [-0.39, 0.29) is 0 Å². The minimum atomic E-state index is -0.456. The van der Waals surface area contributed by atoms with Gasteiger partial charge in [-0.2, -0.15) is 0 Å². The average Bonchev–Trinajstić information content (AvgIpc) is 2.63. The zero-order chi connectivity index (χ0) is 12.4. The van der Waals surface area contributed by atoms with Crippen molar-refractivity contribution < 1.29 is 9.90 Å². The van der Waals surface area contributed by atoms with Gasteiger partial charge in [0.15, 0.2) is 0 Å². The maximum Gasteiger partial charge on any atom is 0.145 e. The van der Waals surface area contributed by atoms with E-state index in [1.54, 1.807) is 13.0 Å². The van der Waals surface area contributed by atoms with Crippen molar-refractivity contribution in [1.29, 1.82) is 0 Å². The summed E-state index contributed by atoms with van der Waals surface area (Å²) in [5, 5.41) is 10.1. The van der Waals surface area contributed by atoms with Gasteiger partial charge < -0.3 is 5.11 Å². The Morgan fingerprint density at radius 2 is 2.00 bits per heavy atom. The molecule has 2 nitrogen and oxygen atoms in total. The maximum atomic E-state index is 10.6. The monoisotopic (exact) mass is 234 g/mol. The number of aliphatic hydroxyl groups excluding tert-OH is 1. The fourth-order valence-corrected chi connectivity index (χ4v) is 5.26. The Kier molecular flexibility index (Phi) is 2.17. The van der Waals surface area contributed by atoms with Crippen LogP contribution in [0.15, 0.2) is 11.6 Å². The van der Waals surface area contributed by atoms with Crippen LogP contribution in [0.5, 0.6) is 0 Å². The molecular weight excluding hydrogens is 212 g/mol. The number of aliphatic hydroxyl groups is 1. The van der Waals surface area contributed by atoms with Crippen LogP contribution in [-0.4, -0.2) is 17.5 Å². The lowest BCUT2D eigenvalue weighted by Crippen LogP contribution is -2.31. The van der Waals surface area contributed by atoms with Gasteiger partial charge >= 0.3 is 0 Å². The number of hydrogen-bond acceptors (Lipinski definition) is 2. The van der Waals surface area contributed by atoms with Gasteiger partial charge in [-0.25, -0.2) is 0 Å². The molecule has 0 aromatic carbocycles. The van der Waals surface area contributed by atoms with Crippen molar-refractivity contribution in [3.8, 4) is 0 Å². The number of carbonyl (C=O) groups is 1. The molecule has 0 radical (unpaired) electrons. The van der Waals surface area contributed by atoms with Gasteiger partial charge in [0.1, 0.15) is 6.29 Å². The minimum absolute atomic E-state index is 0.293. The molecule has 4 unspecified atom stereocenters. The highest BCUT2D eigenvalue weighted by molar-refractivity contribution is 5.72. The summed E-state index contributed by atoms with van der Waals surface area (Å²) in [4.78, 5) is 10.6. The molecule has 4 atom stereocenters. The molecule has 4 rings (SSSR count). The van der Waals surface area contributed by atoms with Crippen molar-refractivity contribution in [1.82, 2.24) is 0 Å². The summed E-state index contributed by atoms with van der Waals surface area (Å²) < 4.78 is 0. The Labute approximate surface area is 103 Å². The van der Waals surface area contributed by atoms with Crippen LogP contribution in [-0.2, 0) is 4.79 Å². The van der Waals surface area contributed by atoms with Gasteiger partial charge in [0.25, 0.3) is 0 Å². The first-order chi connectivity index (χ1) is 7.93. The van der Waals surface area contributed by atoms with Crippen LogP contribution >= 0.6 is 0 Å². The lowest BCUT2D eigenvalue weighted by molar-refractivity contribution is -0.104. The topological polar surface area (TPSA) is 37.3 Å². The number of hydrogen-bond donors (Lipinski definition) is 1. The predicted octanol–water partition coefficient (Wildman–Crippen LogP) is 2.56. The summed E-state index contributed by atoms with van der Waals surface area (Å²) in [7, 11) is 0. The number of carbonyl (C=O) groups excluding carboxylic acids is 1. The average molecular weight is 234 g/mol. The van der Waals surface area contributed by atoms with Gasteiger partial charge in [0.05, 0.1) is 6.10 Å². The van der Waals surface area contributed by atoms with Crippen molar-refractivity contribution in [2.45, 2.75) is 46.1 Å². The van der Waals surface area contributed by atoms with E-state index in [9.17, 15) is 9.90 Å². The Morgan fingerprint density at radius 1 is 1.41 bits per heavy atom. The van der Waals surface area contributed by atoms with E-state index in [1.165, 1.54) is 12.8 Å². The van der Waals surface area contributed by atoms with E-state index in [0.29, 0.717) is 16.4 Å². The summed E-state index contributed by atoms with van der Waals surface area (Å²) >= 11 is 0. The zero-order valence-electron chi connectivity index (χ0n) is 10.9. The first-order valence-corrected chi connectivity index (χ1v) is 6.75. The third kappa shape index (κ3) is 1.22. The van der Waals surface area contributed by atoms with Crippen LogP contribution in [0.25, 0.3) is 0 Å². The second kappa shape index (κ2) is 3.23. The molecule has 0 aliphatic heterocycles. The summed E-state index contributed by atoms with van der Waals surface area (Å²) in [5.74, 6) is 2.67. The molecule has 0 spiro atoms. The Balaban J connectivity index is 1.76. The Morgan fingerprint density at radius 3 is 2.41 bits per heavy atom. The first kappa shape index (κ1) is 11.5. The van der Waals surface area contributed by atoms with E-state index in [0.717, 1.165) is 30.5 Å². The van der Waals surface area contributed by atoms with Gasteiger partial charge in [-0.05, 0) is 60.3 Å². The normalized spacial score (nSPS) is 52.7. The van der Waals surface area contributed by atoms with Gasteiger partial charge in [0, 0.05) is 0 Å². The van der Waals surface area contributed by atoms with Crippen molar-refractivity contribution in [2.24, 2.45) is 28.6 Å². The first-order valence-electron chi connectivity index (χ1n) is 6.75. The lowest BCUT2D eigenvalue weighted by atomic mass is 9.70. The van der Waals surface area contributed by atoms with Gasteiger partial charge in [-0.1, -0.05) is 19.9 Å². The molecule has 1 N–H and O–H groups in total. The molecule has 4 fully saturated rings. The summed E-state index contributed by atoms with van der Waals surface area (Å²) in [6, 6.07) is 0. The molecule has 4 saturated carbocycles. The molecule has 4 aliphatic rings. The third-order valence-corrected chi connectivity index (χ3v) is 6.40. The number of allylic oxidation sites excluding steroid dienone is 1. The van der Waals surface area contributed by atoms with Crippen molar-refractivity contribution in [2.75, 3.05) is 0 Å². The lowest BCUT2D eigenvalue weighted by Gasteiger charge is -2.35. The highest BCUT2D eigenvalue weighted by Crippen LogP contribution is 2.86. The van der Waals surface area contributed by atoms with Gasteiger partial charge in [-0.15, -0.1) is 0 Å². The molecular formula is C15H22O2. The molecule has 0 heterocycles. The molecule has 17 heavy (non-hydrogen) atoms. The number of rotatable bonds is 4. The smallest absolute Gasteiger partial charge is 0.145 e. The molecule has 2 heteroatoms. The molecule has 0 saturated heterocycles. The summed E-state index contributed by atoms with van der Waals surface area (Å²) in [6.07, 6.45) is 5.66. The fourth-order valence-electron chi connectivity index (χ4n) is 5.26. The van der Waals surface area contributed by atoms with Crippen LogP contribution < -0.4 is 0 Å². The zero-order valence-corrected chi connectivity index (χ0v) is 10.9. The largest absolute Gasteiger partial charge is 0.389 e. The van der Waals surface area contributed by atoms with Crippen molar-refractivity contribution >= 4 is 6.29 Å². The van der Waals surface area contributed by atoms with Crippen LogP contribution in [0.1, 0.15) is 40.0 Å². The van der Waals surface area contributed by atoms with E-state index in [2.05, 4.69) is 13.8 Å². The number of aldehydes is 1. The van der Waals surface area contributed by atoms with Crippen LogP contribution in [0, 0.1) is 28.6 Å². The minimum Gasteiger partial charge on any atom is -0.389 e. The molecule has 0 aromatic rings. The van der Waals surface area contributed by atoms with E-state index < -0.39 is 6.10 Å². The summed E-state index contributed by atoms with van der Waals surface area (Å²) in [6.45, 7) is 6.53. The summed E-state index contributed by atoms with van der Waals surface area (Å²) in [5.41, 5.74) is 1.42. The van der Waals surface area contributed by atoms with Gasteiger partial charge in [0.2, 0.25) is 0 Å². The van der Waals surface area contributed by atoms with E-state index >= 15 is 0 Å². The van der Waals surface area contributed by atoms with E-state index in [4.69, 9.17) is 0 Å². The predicted molar refractivity (Wildman–Crippen MR) is 66.4 cm³/mol. The molecule has 4 aliphatic carbocycles. The Bertz CT molecular complexity index is 386. The van der Waals surface area contributed by atoms with E-state index in [1.807, 2.05) is 0 Å². The second-order valence-corrected chi connectivity index (χ2v) is 6.88. The van der Waals surface area contributed by atoms with Crippen LogP contribution in [0.3, 0.4) is 0 Å². The Hall–Kier alpha value is -0.630. The molecule has 0 amide bonds. The second-order valence-electron chi connectivity index (χ2n) is 6.88. The van der Waals surface area contributed by atoms with Crippen molar-refractivity contribution in [3.05, 3.63) is 11.6 Å². The van der Waals surface area contributed by atoms with Crippen LogP contribution in [0.2, 0.25) is 0 Å². The highest BCUT2D eigenvalue weighted by atomic mass is 16.3. The SMILES string of the molecule is C/C(C=O)=C\C(O)CC1(C)C2CC3C(C2)C31C. The molecule has 0 aromatic heterocycles. The van der Waals surface area contributed by atoms with Crippen molar-refractivity contribution in [3.63, 3.8) is 0 Å². The quantitative estimate of drug-likeness (QED) is 0.599. The van der Waals surface area contributed by atoms with Crippen LogP contribution in [0.4, 0.5) is 0 Å². The highest BCUT2D eigenvalue weighted by Gasteiger charge is 2.81. The maximum absolute atomic E-state index is 10.6. The molecule has 94 valence electrons. The van der Waals surface area contributed by atoms with Gasteiger partial charge in [-0.3, -0.25) is 4.79 Å². The fraction of sp³-hybridized carbons (Fsp3) is 0.800. The molecule has 4 bridgehead atoms. The standard InChI is InChI=1S/C15H22O2/c1-9(8-16)4-11(17)7-14(2)10-5-12-13(6-10)15(12,14)3/h4,8,10-13,17H,5-7H2,1-3H3/b9-4+.